The first-order chi connectivity index (χ1) is 14.7. The summed E-state index contributed by atoms with van der Waals surface area (Å²) in [4.78, 5) is 3.90. The van der Waals surface area contributed by atoms with Crippen LogP contribution in [0.1, 0.15) is 11.1 Å². The minimum atomic E-state index is -4.94. The summed E-state index contributed by atoms with van der Waals surface area (Å²) in [5.41, 5.74) is -2.04. The molecule has 1 aliphatic rings. The van der Waals surface area contributed by atoms with Crippen molar-refractivity contribution >= 4 is 34.9 Å². The van der Waals surface area contributed by atoms with E-state index in [2.05, 4.69) is 10.3 Å². The largest absolute Gasteiger partial charge is 0.455 e. The summed E-state index contributed by atoms with van der Waals surface area (Å²) in [7, 11) is 0. The van der Waals surface area contributed by atoms with Crippen molar-refractivity contribution in [3.05, 3.63) is 87.9 Å². The summed E-state index contributed by atoms with van der Waals surface area (Å²) in [6.45, 7) is 1.77. The van der Waals surface area contributed by atoms with Crippen LogP contribution in [0.5, 0.6) is 11.5 Å². The number of ether oxygens (including phenoxy) is 2. The standard InChI is InChI=1S/C22H15Cl2F3N2O2/c1-13-7-9-14(10-8-13)21(22(25,26)27)29-20(28-15-5-3-2-4-6-15)30-18-11-16(23)17(24)12-19(18)31-21/h2-12H,1H3,(H,28,29)/t21-/m1/s1. The number of anilines is 1. The molecule has 4 rings (SSSR count). The van der Waals surface area contributed by atoms with Crippen LogP contribution in [0, 0.1) is 6.92 Å². The molecule has 3 aromatic rings. The number of nitrogens with zero attached hydrogens (tertiary/aromatic N) is 1. The second kappa shape index (κ2) is 7.98. The van der Waals surface area contributed by atoms with Gasteiger partial charge in [0, 0.05) is 23.4 Å². The number of nitrogens with one attached hydrogen (secondary N) is 1. The maximum atomic E-state index is 14.6. The number of benzene rings is 3. The molecule has 0 fully saturated rings. The zero-order valence-corrected chi connectivity index (χ0v) is 17.5. The number of aliphatic imine (C=N–C) groups is 1. The van der Waals surface area contributed by atoms with Gasteiger partial charge in [-0.05, 0) is 19.1 Å². The highest BCUT2D eigenvalue weighted by molar-refractivity contribution is 6.42. The first kappa shape index (κ1) is 21.3. The van der Waals surface area contributed by atoms with Crippen LogP contribution in [0.3, 0.4) is 0 Å². The third kappa shape index (κ3) is 4.16. The second-order valence-corrected chi connectivity index (χ2v) is 7.65. The van der Waals surface area contributed by atoms with E-state index in [1.165, 1.54) is 24.3 Å². The van der Waals surface area contributed by atoms with Crippen LogP contribution >= 0.6 is 23.2 Å². The van der Waals surface area contributed by atoms with Gasteiger partial charge in [0.25, 0.3) is 6.02 Å². The Bertz CT molecular complexity index is 1140. The highest BCUT2D eigenvalue weighted by Crippen LogP contribution is 2.49. The quantitative estimate of drug-likeness (QED) is 0.443. The Kier molecular flexibility index (Phi) is 5.49. The van der Waals surface area contributed by atoms with Crippen LogP contribution in [0.2, 0.25) is 10.0 Å². The van der Waals surface area contributed by atoms with Crippen molar-refractivity contribution in [1.82, 2.24) is 0 Å². The summed E-state index contributed by atoms with van der Waals surface area (Å²) < 4.78 is 54.9. The van der Waals surface area contributed by atoms with Gasteiger partial charge < -0.3 is 14.8 Å². The SMILES string of the molecule is Cc1ccc([C@@]2(C(F)(F)F)N=C(Nc3ccccc3)Oc3cc(Cl)c(Cl)cc3O2)cc1. The molecule has 0 aliphatic carbocycles. The molecular formula is C22H15Cl2F3N2O2. The molecule has 0 amide bonds. The average Bonchev–Trinajstić information content (AvgIpc) is 2.86. The number of hydrogen-bond donors (Lipinski definition) is 1. The minimum absolute atomic E-state index is 0.0171. The van der Waals surface area contributed by atoms with Crippen molar-refractivity contribution < 1.29 is 22.6 Å². The molecular weight excluding hydrogens is 452 g/mol. The molecule has 0 spiro atoms. The van der Waals surface area contributed by atoms with Crippen LogP contribution in [-0.2, 0) is 5.72 Å². The van der Waals surface area contributed by atoms with Gasteiger partial charge in [0.2, 0.25) is 0 Å². The molecule has 0 unspecified atom stereocenters. The van der Waals surface area contributed by atoms with Gasteiger partial charge in [-0.25, -0.2) is 0 Å². The van der Waals surface area contributed by atoms with E-state index in [0.29, 0.717) is 5.69 Å². The van der Waals surface area contributed by atoms with Gasteiger partial charge in [-0.15, -0.1) is 0 Å². The molecule has 1 N–H and O–H groups in total. The maximum absolute atomic E-state index is 14.6. The Morgan fingerprint density at radius 2 is 1.52 bits per heavy atom. The van der Waals surface area contributed by atoms with Crippen LogP contribution < -0.4 is 14.8 Å². The van der Waals surface area contributed by atoms with E-state index in [1.807, 2.05) is 0 Å². The number of alkyl halides is 3. The van der Waals surface area contributed by atoms with Crippen molar-refractivity contribution in [2.45, 2.75) is 18.8 Å². The van der Waals surface area contributed by atoms with Crippen molar-refractivity contribution in [2.24, 2.45) is 4.99 Å². The number of aryl methyl sites for hydroxylation is 1. The first-order valence-corrected chi connectivity index (χ1v) is 9.85. The lowest BCUT2D eigenvalue weighted by Gasteiger charge is -2.31. The Morgan fingerprint density at radius 3 is 2.13 bits per heavy atom. The van der Waals surface area contributed by atoms with Gasteiger partial charge in [0.05, 0.1) is 10.0 Å². The fraction of sp³-hybridized carbons (Fsp3) is 0.136. The molecule has 0 aromatic heterocycles. The van der Waals surface area contributed by atoms with Gasteiger partial charge in [0.15, 0.2) is 11.5 Å². The average molecular weight is 467 g/mol. The molecule has 1 atom stereocenters. The molecule has 4 nitrogen and oxygen atoms in total. The lowest BCUT2D eigenvalue weighted by atomic mass is 10.0. The van der Waals surface area contributed by atoms with Crippen LogP contribution in [0.25, 0.3) is 0 Å². The number of para-hydroxylation sites is 1. The summed E-state index contributed by atoms with van der Waals surface area (Å²) in [5.74, 6) is -0.310. The Labute approximate surface area is 186 Å². The van der Waals surface area contributed by atoms with Crippen molar-refractivity contribution in [3.63, 3.8) is 0 Å². The zero-order chi connectivity index (χ0) is 22.2. The zero-order valence-electron chi connectivity index (χ0n) is 16.0. The Morgan fingerprint density at radius 1 is 0.903 bits per heavy atom. The van der Waals surface area contributed by atoms with E-state index in [4.69, 9.17) is 32.7 Å². The molecule has 1 heterocycles. The summed E-state index contributed by atoms with van der Waals surface area (Å²) in [5, 5.41) is 2.89. The predicted octanol–water partition coefficient (Wildman–Crippen LogP) is 6.96. The van der Waals surface area contributed by atoms with Crippen LogP contribution in [0.15, 0.2) is 71.7 Å². The summed E-state index contributed by atoms with van der Waals surface area (Å²) >= 11 is 12.1. The van der Waals surface area contributed by atoms with Crippen LogP contribution in [0.4, 0.5) is 18.9 Å². The van der Waals surface area contributed by atoms with Crippen LogP contribution in [-0.4, -0.2) is 12.2 Å². The lowest BCUT2D eigenvalue weighted by molar-refractivity contribution is -0.251. The number of amidine groups is 1. The predicted molar refractivity (Wildman–Crippen MR) is 114 cm³/mol. The molecule has 0 saturated heterocycles. The molecule has 3 aromatic carbocycles. The number of rotatable bonds is 2. The third-order valence-electron chi connectivity index (χ3n) is 4.56. The van der Waals surface area contributed by atoms with E-state index in [-0.39, 0.29) is 27.1 Å². The van der Waals surface area contributed by atoms with Gasteiger partial charge in [-0.2, -0.15) is 18.2 Å². The third-order valence-corrected chi connectivity index (χ3v) is 5.28. The monoisotopic (exact) mass is 466 g/mol. The van der Waals surface area contributed by atoms with E-state index in [9.17, 15) is 13.2 Å². The van der Waals surface area contributed by atoms with Crippen molar-refractivity contribution in [1.29, 1.82) is 0 Å². The Balaban J connectivity index is 1.94. The van der Waals surface area contributed by atoms with Gasteiger partial charge in [-0.3, -0.25) is 0 Å². The van der Waals surface area contributed by atoms with Crippen molar-refractivity contribution in [3.8, 4) is 11.5 Å². The first-order valence-electron chi connectivity index (χ1n) is 9.10. The normalized spacial score (nSPS) is 18.2. The van der Waals surface area contributed by atoms with E-state index < -0.39 is 17.9 Å². The molecule has 0 radical (unpaired) electrons. The lowest BCUT2D eigenvalue weighted by Crippen LogP contribution is -2.46. The molecule has 0 bridgehead atoms. The maximum Gasteiger partial charge on any atom is 0.455 e. The van der Waals surface area contributed by atoms with E-state index >= 15 is 0 Å². The number of halogens is 5. The molecule has 0 saturated carbocycles. The van der Waals surface area contributed by atoms with Gasteiger partial charge >= 0.3 is 11.9 Å². The van der Waals surface area contributed by atoms with Gasteiger partial charge in [-0.1, -0.05) is 71.2 Å². The fourth-order valence-electron chi connectivity index (χ4n) is 3.01. The number of hydrogen-bond acceptors (Lipinski definition) is 4. The van der Waals surface area contributed by atoms with E-state index in [1.54, 1.807) is 49.4 Å². The molecule has 31 heavy (non-hydrogen) atoms. The summed E-state index contributed by atoms with van der Waals surface area (Å²) in [6, 6.07) is 16.3. The molecule has 1 aliphatic heterocycles. The minimum Gasteiger partial charge on any atom is -0.449 e. The Hall–Kier alpha value is -2.90. The van der Waals surface area contributed by atoms with E-state index in [0.717, 1.165) is 5.56 Å². The van der Waals surface area contributed by atoms with Crippen molar-refractivity contribution in [2.75, 3.05) is 5.32 Å². The highest BCUT2D eigenvalue weighted by atomic mass is 35.5. The fourth-order valence-corrected chi connectivity index (χ4v) is 3.32. The summed E-state index contributed by atoms with van der Waals surface area (Å²) in [6.07, 6.45) is -4.94. The second-order valence-electron chi connectivity index (χ2n) is 6.83. The number of fused-ring (bicyclic) bond motifs is 1. The molecule has 160 valence electrons. The smallest absolute Gasteiger partial charge is 0.449 e. The van der Waals surface area contributed by atoms with Gasteiger partial charge in [0.1, 0.15) is 0 Å². The molecule has 9 heteroatoms. The topological polar surface area (TPSA) is 42.9 Å². The highest BCUT2D eigenvalue weighted by Gasteiger charge is 2.61.